The Labute approximate surface area is 157 Å². The maximum Gasteiger partial charge on any atom is 0.184 e. The van der Waals surface area contributed by atoms with Crippen LogP contribution in [-0.4, -0.2) is 38.8 Å². The molecule has 0 aliphatic carbocycles. The van der Waals surface area contributed by atoms with Crippen LogP contribution in [0.3, 0.4) is 0 Å². The number of nitrogens with zero attached hydrogens (tertiary/aromatic N) is 5. The van der Waals surface area contributed by atoms with Crippen molar-refractivity contribution in [2.75, 3.05) is 23.6 Å². The normalized spacial score (nSPS) is 17.6. The summed E-state index contributed by atoms with van der Waals surface area (Å²) < 4.78 is 17.6. The molecular formula is C16H18ClFN7P. The fourth-order valence-corrected chi connectivity index (χ4v) is 3.79. The molecule has 3 N–H and O–H groups in total. The van der Waals surface area contributed by atoms with Gasteiger partial charge in [-0.15, -0.1) is 0 Å². The molecule has 0 amide bonds. The Balaban J connectivity index is 1.78. The Kier molecular flexibility index (Phi) is 4.65. The predicted octanol–water partition coefficient (Wildman–Crippen LogP) is 2.35. The Morgan fingerprint density at radius 3 is 3.00 bits per heavy atom. The molecule has 1 unspecified atom stereocenters. The van der Waals surface area contributed by atoms with Crippen LogP contribution in [0.2, 0.25) is 5.02 Å². The van der Waals surface area contributed by atoms with Crippen molar-refractivity contribution in [3.05, 3.63) is 35.5 Å². The number of anilines is 1. The average molecular weight is 394 g/mol. The lowest BCUT2D eigenvalue weighted by Crippen LogP contribution is -2.42. The van der Waals surface area contributed by atoms with E-state index in [1.165, 1.54) is 17.1 Å². The molecule has 26 heavy (non-hydrogen) atoms. The zero-order valence-corrected chi connectivity index (χ0v) is 15.8. The first-order chi connectivity index (χ1) is 12.5. The average Bonchev–Trinajstić information content (AvgIpc) is 2.98. The summed E-state index contributed by atoms with van der Waals surface area (Å²) in [5.74, 6) is 6.11. The number of halogens is 2. The topological polar surface area (TPSA) is 84.9 Å². The van der Waals surface area contributed by atoms with Gasteiger partial charge in [0.1, 0.15) is 0 Å². The molecular weight excluding hydrogens is 376 g/mol. The Morgan fingerprint density at radius 2 is 2.23 bits per heavy atom. The summed E-state index contributed by atoms with van der Waals surface area (Å²) in [4.78, 5) is 12.8. The van der Waals surface area contributed by atoms with Crippen LogP contribution < -0.4 is 15.8 Å². The fourth-order valence-electron chi connectivity index (χ4n) is 3.20. The van der Waals surface area contributed by atoms with Gasteiger partial charge in [-0.05, 0) is 34.8 Å². The molecule has 136 valence electrons. The minimum Gasteiger partial charge on any atom is -0.338 e. The zero-order valence-electron chi connectivity index (χ0n) is 13.9. The van der Waals surface area contributed by atoms with Gasteiger partial charge in [0.25, 0.3) is 0 Å². The van der Waals surface area contributed by atoms with Gasteiger partial charge in [0, 0.05) is 35.9 Å². The lowest BCUT2D eigenvalue weighted by molar-refractivity contribution is 0.459. The number of pyridine rings is 1. The fraction of sp³-hybridized carbons (Fsp3) is 0.312. The first-order valence-electron chi connectivity index (χ1n) is 8.24. The number of hydrogen-bond donors (Lipinski definition) is 2. The summed E-state index contributed by atoms with van der Waals surface area (Å²) in [6.07, 6.45) is 6.38. The monoisotopic (exact) mass is 393 g/mol. The van der Waals surface area contributed by atoms with Gasteiger partial charge in [0.15, 0.2) is 23.1 Å². The molecule has 3 aromatic heterocycles. The number of nitrogens with one attached hydrogen (secondary N) is 1. The molecule has 2 atom stereocenters. The Morgan fingerprint density at radius 1 is 1.38 bits per heavy atom. The molecule has 3 aromatic rings. The smallest absolute Gasteiger partial charge is 0.184 e. The molecule has 1 saturated heterocycles. The zero-order chi connectivity index (χ0) is 18.3. The van der Waals surface area contributed by atoms with Gasteiger partial charge in [-0.3, -0.25) is 4.68 Å². The lowest BCUT2D eigenvalue weighted by Gasteiger charge is -2.32. The van der Waals surface area contributed by atoms with Crippen molar-refractivity contribution < 1.29 is 4.39 Å². The van der Waals surface area contributed by atoms with E-state index in [0.29, 0.717) is 27.4 Å². The molecule has 1 aliphatic rings. The van der Waals surface area contributed by atoms with Crippen molar-refractivity contribution in [1.82, 2.24) is 24.9 Å². The summed E-state index contributed by atoms with van der Waals surface area (Å²) in [5.41, 5.74) is 1.21. The van der Waals surface area contributed by atoms with E-state index < -0.39 is 5.82 Å². The molecule has 7 nitrogen and oxygen atoms in total. The maximum atomic E-state index is 14.4. The number of nitrogens with two attached hydrogens (primary N) is 1. The molecule has 4 heterocycles. The molecule has 4 rings (SSSR count). The third-order valence-corrected chi connectivity index (χ3v) is 5.38. The SMILES string of the molecule is Nn1cc(-c2ncc(F)c(N(P)[C@@H]3CCCNC3)n2)c2cc(Cl)cnc21. The van der Waals surface area contributed by atoms with Crippen LogP contribution in [0.4, 0.5) is 10.2 Å². The Hall–Kier alpha value is -2.02. The summed E-state index contributed by atoms with van der Waals surface area (Å²) >= 11 is 6.06. The largest absolute Gasteiger partial charge is 0.338 e. The minimum atomic E-state index is -0.470. The van der Waals surface area contributed by atoms with Crippen molar-refractivity contribution in [2.24, 2.45) is 0 Å². The molecule has 0 spiro atoms. The minimum absolute atomic E-state index is 0.151. The number of fused-ring (bicyclic) bond motifs is 1. The van der Waals surface area contributed by atoms with Crippen molar-refractivity contribution in [2.45, 2.75) is 18.9 Å². The van der Waals surface area contributed by atoms with Gasteiger partial charge >= 0.3 is 0 Å². The predicted molar refractivity (Wildman–Crippen MR) is 104 cm³/mol. The standard InChI is InChI=1S/C16H18ClFN7P/c17-9-4-11-12(8-24(19)15(11)22-5-9)14-21-7-13(18)16(23-14)25(26)10-2-1-3-20-6-10/h4-5,7-8,10,20H,1-3,6,19,26H2/t10-/m1/s1. The van der Waals surface area contributed by atoms with Crippen molar-refractivity contribution in [3.63, 3.8) is 0 Å². The Bertz CT molecular complexity index is 957. The molecule has 1 aliphatic heterocycles. The van der Waals surface area contributed by atoms with E-state index in [4.69, 9.17) is 17.4 Å². The van der Waals surface area contributed by atoms with Crippen molar-refractivity contribution in [1.29, 1.82) is 0 Å². The van der Waals surface area contributed by atoms with E-state index in [1.54, 1.807) is 16.9 Å². The summed E-state index contributed by atoms with van der Waals surface area (Å²) in [5, 5.41) is 4.52. The van der Waals surface area contributed by atoms with Crippen LogP contribution >= 0.6 is 21.0 Å². The second-order valence-corrected chi connectivity index (χ2v) is 7.24. The number of rotatable bonds is 3. The van der Waals surface area contributed by atoms with Crippen LogP contribution in [0.15, 0.2) is 24.7 Å². The maximum absolute atomic E-state index is 14.4. The van der Waals surface area contributed by atoms with Gasteiger partial charge in [-0.25, -0.2) is 19.3 Å². The lowest BCUT2D eigenvalue weighted by atomic mass is 10.1. The van der Waals surface area contributed by atoms with E-state index in [9.17, 15) is 4.39 Å². The van der Waals surface area contributed by atoms with Crippen LogP contribution in [0.5, 0.6) is 0 Å². The first kappa shape index (κ1) is 17.4. The highest BCUT2D eigenvalue weighted by Crippen LogP contribution is 2.31. The summed E-state index contributed by atoms with van der Waals surface area (Å²) in [6.45, 7) is 1.76. The number of hydrogen-bond acceptors (Lipinski definition) is 6. The van der Waals surface area contributed by atoms with E-state index >= 15 is 0 Å². The first-order valence-corrected chi connectivity index (χ1v) is 9.13. The van der Waals surface area contributed by atoms with Crippen molar-refractivity contribution in [3.8, 4) is 11.4 Å². The highest BCUT2D eigenvalue weighted by atomic mass is 35.5. The molecule has 1 fully saturated rings. The van der Waals surface area contributed by atoms with Gasteiger partial charge in [0.2, 0.25) is 0 Å². The van der Waals surface area contributed by atoms with Crippen LogP contribution in [0, 0.1) is 5.82 Å². The highest BCUT2D eigenvalue weighted by molar-refractivity contribution is 7.19. The third-order valence-electron chi connectivity index (χ3n) is 4.51. The van der Waals surface area contributed by atoms with Crippen LogP contribution in [0.25, 0.3) is 22.4 Å². The molecule has 0 saturated carbocycles. The molecule has 0 radical (unpaired) electrons. The van der Waals surface area contributed by atoms with Gasteiger partial charge < -0.3 is 15.8 Å². The number of aromatic nitrogens is 4. The van der Waals surface area contributed by atoms with E-state index in [-0.39, 0.29) is 11.9 Å². The molecule has 0 bridgehead atoms. The number of nitrogen functional groups attached to an aromatic ring is 1. The van der Waals surface area contributed by atoms with Crippen LogP contribution in [-0.2, 0) is 0 Å². The molecule has 0 aromatic carbocycles. The van der Waals surface area contributed by atoms with E-state index in [2.05, 4.69) is 29.7 Å². The quantitative estimate of drug-likeness (QED) is 0.525. The van der Waals surface area contributed by atoms with Gasteiger partial charge in [-0.1, -0.05) is 11.6 Å². The third kappa shape index (κ3) is 3.09. The second-order valence-electron chi connectivity index (χ2n) is 6.25. The second kappa shape index (κ2) is 6.95. The van der Waals surface area contributed by atoms with Gasteiger partial charge in [-0.2, -0.15) is 0 Å². The highest BCUT2D eigenvalue weighted by Gasteiger charge is 2.23. The summed E-state index contributed by atoms with van der Waals surface area (Å²) in [7, 11) is 2.58. The number of piperidine rings is 1. The van der Waals surface area contributed by atoms with Crippen LogP contribution in [0.1, 0.15) is 12.8 Å². The van der Waals surface area contributed by atoms with Gasteiger partial charge in [0.05, 0.1) is 11.2 Å². The summed E-state index contributed by atoms with van der Waals surface area (Å²) in [6, 6.07) is 1.90. The van der Waals surface area contributed by atoms with Crippen molar-refractivity contribution >= 4 is 37.8 Å². The van der Waals surface area contributed by atoms with E-state index in [1.807, 2.05) is 0 Å². The van der Waals surface area contributed by atoms with E-state index in [0.717, 1.165) is 25.9 Å². The molecule has 10 heteroatoms.